The van der Waals surface area contributed by atoms with E-state index in [2.05, 4.69) is 24.5 Å². The fraction of sp³-hybridized carbons (Fsp3) is 1.00. The minimum absolute atomic E-state index is 0.509. The normalized spacial score (nSPS) is 34.8. The molecular weight excluding hydrogens is 184 g/mol. The van der Waals surface area contributed by atoms with Gasteiger partial charge in [-0.05, 0) is 36.6 Å². The van der Waals surface area contributed by atoms with Crippen LogP contribution in [0.5, 0.6) is 0 Å². The van der Waals surface area contributed by atoms with Crippen LogP contribution in [0.15, 0.2) is 0 Å². The number of rotatable bonds is 4. The monoisotopic (exact) mass is 210 g/mol. The molecule has 0 amide bonds. The number of nitrogens with one attached hydrogen (secondary N) is 2. The number of hydrogen-bond acceptors (Lipinski definition) is 2. The molecule has 1 heterocycles. The third-order valence-electron chi connectivity index (χ3n) is 4.37. The SMILES string of the molecule is CC1(CNCC2(C)CCNC2)CCCC1. The van der Waals surface area contributed by atoms with Crippen LogP contribution in [-0.2, 0) is 0 Å². The lowest BCUT2D eigenvalue weighted by Crippen LogP contribution is -2.38. The van der Waals surface area contributed by atoms with Crippen LogP contribution < -0.4 is 10.6 Å². The summed E-state index contributed by atoms with van der Waals surface area (Å²) < 4.78 is 0. The van der Waals surface area contributed by atoms with Gasteiger partial charge in [-0.15, -0.1) is 0 Å². The largest absolute Gasteiger partial charge is 0.316 e. The van der Waals surface area contributed by atoms with Gasteiger partial charge in [0.25, 0.3) is 0 Å². The fourth-order valence-corrected chi connectivity index (χ4v) is 3.09. The summed E-state index contributed by atoms with van der Waals surface area (Å²) in [6.07, 6.45) is 7.06. The molecule has 1 saturated carbocycles. The van der Waals surface area contributed by atoms with Gasteiger partial charge in [0.1, 0.15) is 0 Å². The first-order valence-corrected chi connectivity index (χ1v) is 6.54. The van der Waals surface area contributed by atoms with Gasteiger partial charge in [0.2, 0.25) is 0 Å². The van der Waals surface area contributed by atoms with E-state index in [0.717, 1.165) is 0 Å². The maximum absolute atomic E-state index is 3.71. The molecule has 1 atom stereocenters. The fourth-order valence-electron chi connectivity index (χ4n) is 3.09. The third-order valence-corrected chi connectivity index (χ3v) is 4.37. The summed E-state index contributed by atoms with van der Waals surface area (Å²) in [6, 6.07) is 0. The highest BCUT2D eigenvalue weighted by Gasteiger charge is 2.31. The van der Waals surface area contributed by atoms with E-state index in [1.54, 1.807) is 0 Å². The van der Waals surface area contributed by atoms with Crippen LogP contribution in [0, 0.1) is 10.8 Å². The maximum Gasteiger partial charge on any atom is 0.00180 e. The molecule has 1 saturated heterocycles. The standard InChI is InChI=1S/C13H26N2/c1-12(5-3-4-6-12)9-15-11-13(2)7-8-14-10-13/h14-15H,3-11H2,1-2H3. The van der Waals surface area contributed by atoms with E-state index in [9.17, 15) is 0 Å². The van der Waals surface area contributed by atoms with Crippen LogP contribution in [0.1, 0.15) is 46.0 Å². The average molecular weight is 210 g/mol. The second kappa shape index (κ2) is 4.42. The molecule has 0 radical (unpaired) electrons. The lowest BCUT2D eigenvalue weighted by Gasteiger charge is -2.28. The summed E-state index contributed by atoms with van der Waals surface area (Å²) in [6.45, 7) is 9.66. The molecule has 0 aromatic rings. The first kappa shape index (κ1) is 11.4. The van der Waals surface area contributed by atoms with Gasteiger partial charge in [-0.3, -0.25) is 0 Å². The Bertz CT molecular complexity index is 179. The molecule has 0 aromatic heterocycles. The molecule has 2 aliphatic rings. The minimum atomic E-state index is 0.509. The topological polar surface area (TPSA) is 24.1 Å². The summed E-state index contributed by atoms with van der Waals surface area (Å²) in [5.74, 6) is 0. The Morgan fingerprint density at radius 2 is 1.67 bits per heavy atom. The van der Waals surface area contributed by atoms with E-state index in [1.165, 1.54) is 58.3 Å². The molecule has 2 rings (SSSR count). The zero-order chi connectivity index (χ0) is 10.8. The highest BCUT2D eigenvalue weighted by atomic mass is 15.0. The molecule has 1 unspecified atom stereocenters. The molecule has 15 heavy (non-hydrogen) atoms. The lowest BCUT2D eigenvalue weighted by atomic mass is 9.86. The van der Waals surface area contributed by atoms with Crippen molar-refractivity contribution < 1.29 is 0 Å². The van der Waals surface area contributed by atoms with Gasteiger partial charge >= 0.3 is 0 Å². The van der Waals surface area contributed by atoms with Crippen LogP contribution in [0.3, 0.4) is 0 Å². The second-order valence-electron chi connectivity index (χ2n) is 6.36. The third kappa shape index (κ3) is 2.94. The van der Waals surface area contributed by atoms with Crippen molar-refractivity contribution in [1.82, 2.24) is 10.6 Å². The van der Waals surface area contributed by atoms with E-state index >= 15 is 0 Å². The van der Waals surface area contributed by atoms with Crippen LogP contribution >= 0.6 is 0 Å². The zero-order valence-electron chi connectivity index (χ0n) is 10.4. The Morgan fingerprint density at radius 3 is 2.27 bits per heavy atom. The van der Waals surface area contributed by atoms with Crippen molar-refractivity contribution in [3.63, 3.8) is 0 Å². The van der Waals surface area contributed by atoms with Crippen molar-refractivity contribution in [3.8, 4) is 0 Å². The Labute approximate surface area is 94.2 Å². The minimum Gasteiger partial charge on any atom is -0.316 e. The van der Waals surface area contributed by atoms with Crippen LogP contribution in [-0.4, -0.2) is 26.2 Å². The lowest BCUT2D eigenvalue weighted by molar-refractivity contribution is 0.273. The van der Waals surface area contributed by atoms with E-state index in [-0.39, 0.29) is 0 Å². The smallest absolute Gasteiger partial charge is 0.00180 e. The molecular formula is C13H26N2. The van der Waals surface area contributed by atoms with Crippen molar-refractivity contribution in [2.75, 3.05) is 26.2 Å². The number of hydrogen-bond donors (Lipinski definition) is 2. The molecule has 0 bridgehead atoms. The molecule has 2 fully saturated rings. The Balaban J connectivity index is 1.69. The van der Waals surface area contributed by atoms with Gasteiger partial charge < -0.3 is 10.6 Å². The van der Waals surface area contributed by atoms with Gasteiger partial charge in [0, 0.05) is 19.6 Å². The van der Waals surface area contributed by atoms with E-state index in [4.69, 9.17) is 0 Å². The van der Waals surface area contributed by atoms with E-state index in [0.29, 0.717) is 10.8 Å². The molecule has 2 heteroatoms. The van der Waals surface area contributed by atoms with Crippen LogP contribution in [0.4, 0.5) is 0 Å². The van der Waals surface area contributed by atoms with Crippen LogP contribution in [0.2, 0.25) is 0 Å². The molecule has 2 nitrogen and oxygen atoms in total. The highest BCUT2D eigenvalue weighted by Crippen LogP contribution is 2.36. The van der Waals surface area contributed by atoms with Crippen molar-refractivity contribution in [3.05, 3.63) is 0 Å². The van der Waals surface area contributed by atoms with Gasteiger partial charge in [-0.25, -0.2) is 0 Å². The van der Waals surface area contributed by atoms with Gasteiger partial charge in [0.05, 0.1) is 0 Å². The zero-order valence-corrected chi connectivity index (χ0v) is 10.4. The quantitative estimate of drug-likeness (QED) is 0.743. The van der Waals surface area contributed by atoms with Gasteiger partial charge in [-0.2, -0.15) is 0 Å². The maximum atomic E-state index is 3.71. The predicted octanol–water partition coefficient (Wildman–Crippen LogP) is 2.16. The van der Waals surface area contributed by atoms with Crippen molar-refractivity contribution >= 4 is 0 Å². The Hall–Kier alpha value is -0.0800. The van der Waals surface area contributed by atoms with Crippen molar-refractivity contribution in [1.29, 1.82) is 0 Å². The molecule has 2 N–H and O–H groups in total. The van der Waals surface area contributed by atoms with E-state index in [1.807, 2.05) is 0 Å². The molecule has 0 spiro atoms. The second-order valence-corrected chi connectivity index (χ2v) is 6.36. The van der Waals surface area contributed by atoms with E-state index < -0.39 is 0 Å². The molecule has 1 aliphatic carbocycles. The van der Waals surface area contributed by atoms with Crippen molar-refractivity contribution in [2.24, 2.45) is 10.8 Å². The summed E-state index contributed by atoms with van der Waals surface area (Å²) in [5, 5.41) is 7.17. The first-order chi connectivity index (χ1) is 7.12. The van der Waals surface area contributed by atoms with Crippen LogP contribution in [0.25, 0.3) is 0 Å². The molecule has 0 aromatic carbocycles. The Morgan fingerprint density at radius 1 is 1.00 bits per heavy atom. The Kier molecular flexibility index (Phi) is 3.36. The summed E-state index contributed by atoms with van der Waals surface area (Å²) >= 11 is 0. The highest BCUT2D eigenvalue weighted by molar-refractivity contribution is 4.88. The van der Waals surface area contributed by atoms with Gasteiger partial charge in [0.15, 0.2) is 0 Å². The average Bonchev–Trinajstić information content (AvgIpc) is 2.76. The van der Waals surface area contributed by atoms with Gasteiger partial charge in [-0.1, -0.05) is 26.7 Å². The summed E-state index contributed by atoms with van der Waals surface area (Å²) in [7, 11) is 0. The summed E-state index contributed by atoms with van der Waals surface area (Å²) in [5.41, 5.74) is 1.11. The van der Waals surface area contributed by atoms with Crippen molar-refractivity contribution in [2.45, 2.75) is 46.0 Å². The molecule has 88 valence electrons. The predicted molar refractivity (Wildman–Crippen MR) is 65.0 cm³/mol. The summed E-state index contributed by atoms with van der Waals surface area (Å²) in [4.78, 5) is 0. The molecule has 1 aliphatic heterocycles. The first-order valence-electron chi connectivity index (χ1n) is 6.54.